The van der Waals surface area contributed by atoms with Crippen LogP contribution in [-0.2, 0) is 14.8 Å². The van der Waals surface area contributed by atoms with Crippen LogP contribution in [-0.4, -0.2) is 72.5 Å². The van der Waals surface area contributed by atoms with E-state index in [2.05, 4.69) is 15.3 Å². The van der Waals surface area contributed by atoms with Crippen molar-refractivity contribution < 1.29 is 13.2 Å². The van der Waals surface area contributed by atoms with Crippen molar-refractivity contribution in [2.45, 2.75) is 6.42 Å². The van der Waals surface area contributed by atoms with Gasteiger partial charge in [0.1, 0.15) is 0 Å². The Bertz CT molecular complexity index is 570. The number of nitrogens with one attached hydrogen (secondary N) is 1. The van der Waals surface area contributed by atoms with Crippen LogP contribution in [0.5, 0.6) is 0 Å². The van der Waals surface area contributed by atoms with Crippen LogP contribution < -0.4 is 5.32 Å². The third kappa shape index (κ3) is 4.64. The summed E-state index contributed by atoms with van der Waals surface area (Å²) in [6.45, 7) is 2.05. The monoisotopic (exact) mass is 313 g/mol. The Kier molecular flexibility index (Phi) is 5.07. The van der Waals surface area contributed by atoms with E-state index in [1.807, 2.05) is 0 Å². The van der Waals surface area contributed by atoms with Crippen molar-refractivity contribution in [3.8, 4) is 0 Å². The van der Waals surface area contributed by atoms with Crippen LogP contribution >= 0.6 is 0 Å². The second-order valence-corrected chi connectivity index (χ2v) is 6.77. The minimum Gasteiger partial charge on any atom is -0.354 e. The van der Waals surface area contributed by atoms with E-state index in [0.717, 1.165) is 0 Å². The molecule has 2 rings (SSSR count). The molecule has 116 valence electrons. The summed E-state index contributed by atoms with van der Waals surface area (Å²) in [6.07, 6.45) is 4.77. The van der Waals surface area contributed by atoms with Crippen molar-refractivity contribution in [1.29, 1.82) is 0 Å². The van der Waals surface area contributed by atoms with Gasteiger partial charge >= 0.3 is 0 Å². The molecular formula is C12H19N5O3S. The van der Waals surface area contributed by atoms with Crippen LogP contribution in [0.2, 0.25) is 0 Å². The number of carbonyl (C=O) groups is 1. The largest absolute Gasteiger partial charge is 0.354 e. The first-order valence-corrected chi connectivity index (χ1v) is 8.55. The molecule has 1 N–H and O–H groups in total. The van der Waals surface area contributed by atoms with E-state index in [1.165, 1.54) is 10.6 Å². The van der Waals surface area contributed by atoms with Gasteiger partial charge in [0, 0.05) is 51.5 Å². The molecule has 1 aliphatic heterocycles. The number of hydrogen-bond donors (Lipinski definition) is 1. The molecule has 1 fully saturated rings. The summed E-state index contributed by atoms with van der Waals surface area (Å²) in [4.78, 5) is 21.7. The average molecular weight is 313 g/mol. The first-order chi connectivity index (χ1) is 9.97. The van der Waals surface area contributed by atoms with E-state index in [9.17, 15) is 13.2 Å². The molecule has 0 unspecified atom stereocenters. The number of sulfonamides is 1. The number of carbonyl (C=O) groups excluding carboxylic acids is 1. The van der Waals surface area contributed by atoms with Gasteiger partial charge in [0.2, 0.25) is 21.9 Å². The molecule has 9 heteroatoms. The first kappa shape index (κ1) is 15.6. The fourth-order valence-electron chi connectivity index (χ4n) is 2.10. The Morgan fingerprint density at radius 2 is 1.86 bits per heavy atom. The van der Waals surface area contributed by atoms with Crippen molar-refractivity contribution in [1.82, 2.24) is 19.2 Å². The van der Waals surface area contributed by atoms with Gasteiger partial charge in [-0.3, -0.25) is 4.79 Å². The number of amides is 1. The molecule has 1 saturated heterocycles. The normalized spacial score (nSPS) is 16.7. The molecule has 1 aromatic rings. The lowest BCUT2D eigenvalue weighted by molar-refractivity contribution is -0.132. The lowest BCUT2D eigenvalue weighted by Gasteiger charge is -2.33. The number of rotatable bonds is 5. The predicted molar refractivity (Wildman–Crippen MR) is 78.1 cm³/mol. The van der Waals surface area contributed by atoms with Gasteiger partial charge in [-0.05, 0) is 6.07 Å². The molecule has 0 spiro atoms. The van der Waals surface area contributed by atoms with Crippen molar-refractivity contribution in [3.63, 3.8) is 0 Å². The average Bonchev–Trinajstić information content (AvgIpc) is 2.47. The maximum absolute atomic E-state index is 12.0. The van der Waals surface area contributed by atoms with E-state index < -0.39 is 10.0 Å². The van der Waals surface area contributed by atoms with Crippen molar-refractivity contribution >= 4 is 21.9 Å². The zero-order valence-electron chi connectivity index (χ0n) is 11.9. The quantitative estimate of drug-likeness (QED) is 0.778. The Hall–Kier alpha value is -1.74. The van der Waals surface area contributed by atoms with Gasteiger partial charge < -0.3 is 10.2 Å². The zero-order chi connectivity index (χ0) is 15.3. The molecule has 0 bridgehead atoms. The zero-order valence-corrected chi connectivity index (χ0v) is 12.7. The van der Waals surface area contributed by atoms with E-state index in [1.54, 1.807) is 23.4 Å². The molecular weight excluding hydrogens is 294 g/mol. The third-order valence-corrected chi connectivity index (χ3v) is 4.55. The molecule has 0 atom stereocenters. The van der Waals surface area contributed by atoms with Gasteiger partial charge in [0.25, 0.3) is 0 Å². The summed E-state index contributed by atoms with van der Waals surface area (Å²) in [5, 5.41) is 2.97. The van der Waals surface area contributed by atoms with E-state index in [4.69, 9.17) is 0 Å². The highest BCUT2D eigenvalue weighted by atomic mass is 32.2. The standard InChI is InChI=1S/C12H19N5O3S/c1-21(19,20)17-9-7-16(8-10-17)11(18)3-6-15-12-13-4-2-5-14-12/h2,4-5H,3,6-10H2,1H3,(H,13,14,15). The van der Waals surface area contributed by atoms with Crippen LogP contribution in [0.15, 0.2) is 18.5 Å². The topological polar surface area (TPSA) is 95.5 Å². The van der Waals surface area contributed by atoms with Gasteiger partial charge in [-0.1, -0.05) is 0 Å². The first-order valence-electron chi connectivity index (χ1n) is 6.70. The highest BCUT2D eigenvalue weighted by Gasteiger charge is 2.25. The van der Waals surface area contributed by atoms with Gasteiger partial charge in [-0.25, -0.2) is 18.4 Å². The predicted octanol–water partition coefficient (Wildman–Crippen LogP) is -0.618. The Balaban J connectivity index is 1.73. The molecule has 0 saturated carbocycles. The minimum absolute atomic E-state index is 0.00609. The van der Waals surface area contributed by atoms with Gasteiger partial charge in [0.15, 0.2) is 0 Å². The molecule has 1 amide bonds. The summed E-state index contributed by atoms with van der Waals surface area (Å²) in [5.41, 5.74) is 0. The van der Waals surface area contributed by atoms with Crippen molar-refractivity contribution in [3.05, 3.63) is 18.5 Å². The van der Waals surface area contributed by atoms with Gasteiger partial charge in [0.05, 0.1) is 6.26 Å². The maximum atomic E-state index is 12.0. The highest BCUT2D eigenvalue weighted by molar-refractivity contribution is 7.88. The van der Waals surface area contributed by atoms with Gasteiger partial charge in [-0.15, -0.1) is 0 Å². The van der Waals surface area contributed by atoms with E-state index >= 15 is 0 Å². The van der Waals surface area contributed by atoms with Crippen LogP contribution in [0.1, 0.15) is 6.42 Å². The molecule has 0 aromatic carbocycles. The fraction of sp³-hybridized carbons (Fsp3) is 0.583. The van der Waals surface area contributed by atoms with Crippen molar-refractivity contribution in [2.24, 2.45) is 0 Å². The molecule has 8 nitrogen and oxygen atoms in total. The lowest BCUT2D eigenvalue weighted by atomic mass is 10.3. The summed E-state index contributed by atoms with van der Waals surface area (Å²) < 4.78 is 24.2. The molecule has 1 aliphatic rings. The lowest BCUT2D eigenvalue weighted by Crippen LogP contribution is -2.50. The number of anilines is 1. The second kappa shape index (κ2) is 6.81. The second-order valence-electron chi connectivity index (χ2n) is 4.79. The van der Waals surface area contributed by atoms with E-state index in [-0.39, 0.29) is 5.91 Å². The maximum Gasteiger partial charge on any atom is 0.224 e. The van der Waals surface area contributed by atoms with Crippen molar-refractivity contribution in [2.75, 3.05) is 44.3 Å². The number of hydrogen-bond acceptors (Lipinski definition) is 6. The van der Waals surface area contributed by atoms with Gasteiger partial charge in [-0.2, -0.15) is 4.31 Å². The minimum atomic E-state index is -3.16. The Morgan fingerprint density at radius 3 is 2.43 bits per heavy atom. The Morgan fingerprint density at radius 1 is 1.24 bits per heavy atom. The number of nitrogens with zero attached hydrogens (tertiary/aromatic N) is 4. The molecule has 0 radical (unpaired) electrons. The SMILES string of the molecule is CS(=O)(=O)N1CCN(C(=O)CCNc2ncccn2)CC1. The van der Waals surface area contributed by atoms with Crippen LogP contribution in [0.25, 0.3) is 0 Å². The Labute approximate surface area is 124 Å². The molecule has 21 heavy (non-hydrogen) atoms. The summed E-state index contributed by atoms with van der Waals surface area (Å²) >= 11 is 0. The summed E-state index contributed by atoms with van der Waals surface area (Å²) in [7, 11) is -3.16. The number of aromatic nitrogens is 2. The summed E-state index contributed by atoms with van der Waals surface area (Å²) in [5.74, 6) is 0.499. The van der Waals surface area contributed by atoms with E-state index in [0.29, 0.717) is 45.1 Å². The molecule has 2 heterocycles. The molecule has 1 aromatic heterocycles. The fourth-order valence-corrected chi connectivity index (χ4v) is 2.93. The third-order valence-electron chi connectivity index (χ3n) is 3.25. The summed E-state index contributed by atoms with van der Waals surface area (Å²) in [6, 6.07) is 1.72. The van der Waals surface area contributed by atoms with Crippen LogP contribution in [0.3, 0.4) is 0 Å². The van der Waals surface area contributed by atoms with Crippen LogP contribution in [0.4, 0.5) is 5.95 Å². The highest BCUT2D eigenvalue weighted by Crippen LogP contribution is 2.07. The van der Waals surface area contributed by atoms with Crippen LogP contribution in [0, 0.1) is 0 Å². The number of piperazine rings is 1. The smallest absolute Gasteiger partial charge is 0.224 e. The molecule has 0 aliphatic carbocycles.